The number of nitriles is 1. The van der Waals surface area contributed by atoms with Crippen LogP contribution in [0.4, 0.5) is 0 Å². The minimum Gasteiger partial charge on any atom is -0.488 e. The molecule has 4 heteroatoms. The Kier molecular flexibility index (Phi) is 3.13. The fourth-order valence-corrected chi connectivity index (χ4v) is 2.51. The topological polar surface area (TPSA) is 71.9 Å². The van der Waals surface area contributed by atoms with Crippen molar-refractivity contribution in [1.29, 1.82) is 5.26 Å². The van der Waals surface area contributed by atoms with Crippen molar-refractivity contribution in [3.63, 3.8) is 0 Å². The van der Waals surface area contributed by atoms with E-state index in [2.05, 4.69) is 11.1 Å². The maximum absolute atomic E-state index is 9.27. The van der Waals surface area contributed by atoms with Crippen LogP contribution in [0.5, 0.6) is 5.75 Å². The largest absolute Gasteiger partial charge is 0.488 e. The predicted molar refractivity (Wildman–Crippen MR) is 76.3 cm³/mol. The van der Waals surface area contributed by atoms with Gasteiger partial charge in [-0.2, -0.15) is 5.26 Å². The number of aromatic nitrogens is 1. The van der Waals surface area contributed by atoms with Gasteiger partial charge in [-0.05, 0) is 30.7 Å². The van der Waals surface area contributed by atoms with Gasteiger partial charge in [-0.1, -0.05) is 12.1 Å². The van der Waals surface area contributed by atoms with Crippen molar-refractivity contribution in [2.75, 3.05) is 6.54 Å². The van der Waals surface area contributed by atoms with Crippen LogP contribution in [0.1, 0.15) is 16.8 Å². The van der Waals surface area contributed by atoms with Gasteiger partial charge in [0.25, 0.3) is 0 Å². The van der Waals surface area contributed by atoms with Crippen LogP contribution in [0, 0.1) is 18.3 Å². The molecule has 0 amide bonds. The van der Waals surface area contributed by atoms with Crippen LogP contribution in [0.15, 0.2) is 30.3 Å². The van der Waals surface area contributed by atoms with E-state index >= 15 is 0 Å². The van der Waals surface area contributed by atoms with Crippen LogP contribution in [0.2, 0.25) is 0 Å². The second-order valence-electron chi connectivity index (χ2n) is 4.93. The van der Waals surface area contributed by atoms with E-state index in [4.69, 9.17) is 10.5 Å². The van der Waals surface area contributed by atoms with Gasteiger partial charge in [0.15, 0.2) is 0 Å². The van der Waals surface area contributed by atoms with E-state index in [-0.39, 0.29) is 6.10 Å². The summed E-state index contributed by atoms with van der Waals surface area (Å²) in [6, 6.07) is 11.8. The molecule has 0 aliphatic carbocycles. The highest BCUT2D eigenvalue weighted by molar-refractivity contribution is 5.74. The molecule has 3 rings (SSSR count). The molecule has 0 saturated heterocycles. The number of aryl methyl sites for hydroxylation is 1. The van der Waals surface area contributed by atoms with Crippen LogP contribution in [0.25, 0.3) is 11.3 Å². The fraction of sp³-hybridized carbons (Fsp3) is 0.250. The van der Waals surface area contributed by atoms with Crippen molar-refractivity contribution in [3.8, 4) is 23.1 Å². The van der Waals surface area contributed by atoms with Gasteiger partial charge in [0.05, 0.1) is 11.3 Å². The van der Waals surface area contributed by atoms with E-state index in [1.807, 2.05) is 31.2 Å². The first-order valence-electron chi connectivity index (χ1n) is 6.59. The third-order valence-electron chi connectivity index (χ3n) is 3.50. The van der Waals surface area contributed by atoms with Gasteiger partial charge in [-0.25, -0.2) is 0 Å². The Morgan fingerprint density at radius 1 is 1.40 bits per heavy atom. The van der Waals surface area contributed by atoms with Crippen molar-refractivity contribution in [2.24, 2.45) is 5.73 Å². The molecule has 0 fully saturated rings. The van der Waals surface area contributed by atoms with E-state index in [9.17, 15) is 5.26 Å². The summed E-state index contributed by atoms with van der Waals surface area (Å²) in [6.45, 7) is 2.40. The number of pyridine rings is 1. The molecule has 0 bridgehead atoms. The standard InChI is InChI=1S/C16H15N3O/c1-10-5-6-12(8-17)15(19-10)14-4-2-3-11-7-13(9-18)20-16(11)14/h2-6,13H,7,9,18H2,1H3/t13-/m1/s1. The molecular formula is C16H15N3O. The Morgan fingerprint density at radius 3 is 3.00 bits per heavy atom. The van der Waals surface area contributed by atoms with Crippen LogP contribution in [-0.2, 0) is 6.42 Å². The second kappa shape index (κ2) is 4.95. The third-order valence-corrected chi connectivity index (χ3v) is 3.50. The molecule has 1 aromatic carbocycles. The molecule has 0 radical (unpaired) electrons. The average Bonchev–Trinajstić information content (AvgIpc) is 2.90. The first-order valence-corrected chi connectivity index (χ1v) is 6.59. The van der Waals surface area contributed by atoms with Crippen molar-refractivity contribution >= 4 is 0 Å². The zero-order valence-electron chi connectivity index (χ0n) is 11.3. The number of hydrogen-bond donors (Lipinski definition) is 1. The number of benzene rings is 1. The van der Waals surface area contributed by atoms with Gasteiger partial charge < -0.3 is 10.5 Å². The van der Waals surface area contributed by atoms with E-state index in [1.54, 1.807) is 6.07 Å². The average molecular weight is 265 g/mol. The first-order chi connectivity index (χ1) is 9.72. The minimum absolute atomic E-state index is 0.0153. The van der Waals surface area contributed by atoms with Gasteiger partial charge in [0, 0.05) is 24.2 Å². The first kappa shape index (κ1) is 12.6. The zero-order chi connectivity index (χ0) is 14.1. The highest BCUT2D eigenvalue weighted by Gasteiger charge is 2.25. The predicted octanol–water partition coefficient (Wildman–Crippen LogP) is 2.19. The fourth-order valence-electron chi connectivity index (χ4n) is 2.51. The van der Waals surface area contributed by atoms with Crippen molar-refractivity contribution in [2.45, 2.75) is 19.4 Å². The lowest BCUT2D eigenvalue weighted by Gasteiger charge is -2.11. The monoisotopic (exact) mass is 265 g/mol. The molecule has 1 aliphatic heterocycles. The van der Waals surface area contributed by atoms with Crippen LogP contribution < -0.4 is 10.5 Å². The summed E-state index contributed by atoms with van der Waals surface area (Å²) in [5.41, 5.74) is 9.81. The Morgan fingerprint density at radius 2 is 2.25 bits per heavy atom. The highest BCUT2D eigenvalue weighted by Crippen LogP contribution is 2.38. The third kappa shape index (κ3) is 2.02. The molecule has 4 nitrogen and oxygen atoms in total. The molecule has 1 atom stereocenters. The quantitative estimate of drug-likeness (QED) is 0.903. The Labute approximate surface area is 117 Å². The molecule has 100 valence electrons. The molecule has 0 saturated carbocycles. The van der Waals surface area contributed by atoms with Crippen LogP contribution in [0.3, 0.4) is 0 Å². The number of para-hydroxylation sites is 1. The van der Waals surface area contributed by atoms with Gasteiger partial charge in [0.1, 0.15) is 17.9 Å². The van der Waals surface area contributed by atoms with Crippen LogP contribution >= 0.6 is 0 Å². The van der Waals surface area contributed by atoms with Crippen molar-refractivity contribution in [1.82, 2.24) is 4.98 Å². The van der Waals surface area contributed by atoms with Gasteiger partial charge in [0.2, 0.25) is 0 Å². The number of nitrogens with zero attached hydrogens (tertiary/aromatic N) is 2. The maximum atomic E-state index is 9.27. The number of hydrogen-bond acceptors (Lipinski definition) is 4. The van der Waals surface area contributed by atoms with Crippen LogP contribution in [-0.4, -0.2) is 17.6 Å². The molecule has 0 unspecified atom stereocenters. The van der Waals surface area contributed by atoms with Gasteiger partial charge in [-0.15, -0.1) is 0 Å². The smallest absolute Gasteiger partial charge is 0.132 e. The summed E-state index contributed by atoms with van der Waals surface area (Å²) in [5.74, 6) is 0.817. The van der Waals surface area contributed by atoms with Crippen molar-refractivity contribution < 1.29 is 4.74 Å². The number of fused-ring (bicyclic) bond motifs is 1. The lowest BCUT2D eigenvalue weighted by molar-refractivity contribution is 0.242. The zero-order valence-corrected chi connectivity index (χ0v) is 11.3. The van der Waals surface area contributed by atoms with Gasteiger partial charge >= 0.3 is 0 Å². The summed E-state index contributed by atoms with van der Waals surface area (Å²) < 4.78 is 5.91. The van der Waals surface area contributed by atoms with E-state index in [0.29, 0.717) is 17.8 Å². The molecule has 1 aromatic heterocycles. The molecule has 1 aliphatic rings. The minimum atomic E-state index is 0.0153. The number of ether oxygens (including phenoxy) is 1. The summed E-state index contributed by atoms with van der Waals surface area (Å²) in [6.07, 6.45) is 0.828. The number of rotatable bonds is 2. The lowest BCUT2D eigenvalue weighted by atomic mass is 10.0. The second-order valence-corrected chi connectivity index (χ2v) is 4.93. The lowest BCUT2D eigenvalue weighted by Crippen LogP contribution is -2.24. The Hall–Kier alpha value is -2.38. The molecule has 20 heavy (non-hydrogen) atoms. The molecule has 2 heterocycles. The van der Waals surface area contributed by atoms with E-state index in [0.717, 1.165) is 29.0 Å². The molecule has 0 spiro atoms. The molecular weight excluding hydrogens is 250 g/mol. The van der Waals surface area contributed by atoms with Gasteiger partial charge in [-0.3, -0.25) is 4.98 Å². The Balaban J connectivity index is 2.16. The van der Waals surface area contributed by atoms with Crippen molar-refractivity contribution in [3.05, 3.63) is 47.2 Å². The summed E-state index contributed by atoms with van der Waals surface area (Å²) in [7, 11) is 0. The number of nitrogens with two attached hydrogens (primary N) is 1. The molecule has 2 N–H and O–H groups in total. The SMILES string of the molecule is Cc1ccc(C#N)c(-c2cccc3c2O[C@@H](CN)C3)n1. The highest BCUT2D eigenvalue weighted by atomic mass is 16.5. The van der Waals surface area contributed by atoms with E-state index < -0.39 is 0 Å². The Bertz CT molecular complexity index is 703. The maximum Gasteiger partial charge on any atom is 0.132 e. The summed E-state index contributed by atoms with van der Waals surface area (Å²) in [5, 5.41) is 9.27. The summed E-state index contributed by atoms with van der Waals surface area (Å²) in [4.78, 5) is 4.51. The normalized spacial score (nSPS) is 16.4. The summed E-state index contributed by atoms with van der Waals surface area (Å²) >= 11 is 0. The molecule has 2 aromatic rings. The van der Waals surface area contributed by atoms with E-state index in [1.165, 1.54) is 0 Å².